The molecular formula is C26H29N7OS. The number of benzene rings is 2. The molecule has 0 radical (unpaired) electrons. The van der Waals surface area contributed by atoms with Crippen LogP contribution in [0.1, 0.15) is 0 Å². The summed E-state index contributed by atoms with van der Waals surface area (Å²) in [5, 5.41) is 6.52. The molecule has 9 heteroatoms. The maximum absolute atomic E-state index is 6.46. The van der Waals surface area contributed by atoms with Gasteiger partial charge in [-0.3, -0.25) is 0 Å². The molecule has 0 unspecified atom stereocenters. The number of likely N-dealkylation sites (N-methyl/N-ethyl adjacent to an activating group) is 2. The number of hydrogen-bond donors (Lipinski definition) is 3. The lowest BCUT2D eigenvalue weighted by atomic mass is 10.1. The zero-order chi connectivity index (χ0) is 24.5. The van der Waals surface area contributed by atoms with Gasteiger partial charge in [0, 0.05) is 48.9 Å². The average Bonchev–Trinajstić information content (AvgIpc) is 3.49. The van der Waals surface area contributed by atoms with Gasteiger partial charge < -0.3 is 30.6 Å². The topological polar surface area (TPSA) is 95.3 Å². The van der Waals surface area contributed by atoms with Crippen molar-refractivity contribution < 1.29 is 4.74 Å². The first-order valence-electron chi connectivity index (χ1n) is 11.4. The van der Waals surface area contributed by atoms with Crippen LogP contribution in [0.25, 0.3) is 32.4 Å². The first-order chi connectivity index (χ1) is 16.9. The van der Waals surface area contributed by atoms with E-state index in [0.717, 1.165) is 51.2 Å². The number of para-hydroxylation sites is 1. The Morgan fingerprint density at radius 1 is 1.09 bits per heavy atom. The summed E-state index contributed by atoms with van der Waals surface area (Å²) in [7, 11) is 7.79. The number of fused-ring (bicyclic) bond motifs is 2. The smallest absolute Gasteiger partial charge is 0.228 e. The van der Waals surface area contributed by atoms with E-state index in [1.165, 1.54) is 0 Å². The molecule has 0 bridgehead atoms. The Morgan fingerprint density at radius 3 is 2.71 bits per heavy atom. The SMILES string of the molecule is COc1cc(N(C)CCN(C)C)c(N)cc1Nc1nc(-c2c[nH]c3ccccc23)c2sccc2n1. The van der Waals surface area contributed by atoms with Gasteiger partial charge in [-0.05, 0) is 37.7 Å². The van der Waals surface area contributed by atoms with E-state index in [2.05, 4.69) is 46.3 Å². The van der Waals surface area contributed by atoms with Gasteiger partial charge in [-0.1, -0.05) is 18.2 Å². The Morgan fingerprint density at radius 2 is 1.91 bits per heavy atom. The molecule has 35 heavy (non-hydrogen) atoms. The molecule has 3 aromatic heterocycles. The van der Waals surface area contributed by atoms with E-state index in [1.54, 1.807) is 18.4 Å². The molecule has 0 saturated carbocycles. The number of rotatable bonds is 8. The highest BCUT2D eigenvalue weighted by Gasteiger charge is 2.17. The molecule has 0 fully saturated rings. The highest BCUT2D eigenvalue weighted by molar-refractivity contribution is 7.17. The first-order valence-corrected chi connectivity index (χ1v) is 12.2. The molecule has 8 nitrogen and oxygen atoms in total. The van der Waals surface area contributed by atoms with Crippen molar-refractivity contribution in [3.8, 4) is 17.0 Å². The van der Waals surface area contributed by atoms with Gasteiger partial charge in [0.1, 0.15) is 5.75 Å². The summed E-state index contributed by atoms with van der Waals surface area (Å²) in [6.07, 6.45) is 2.01. The summed E-state index contributed by atoms with van der Waals surface area (Å²) in [5.74, 6) is 1.16. The third kappa shape index (κ3) is 4.48. The lowest BCUT2D eigenvalue weighted by Gasteiger charge is -2.24. The largest absolute Gasteiger partial charge is 0.494 e. The van der Waals surface area contributed by atoms with Crippen LogP contribution in [-0.2, 0) is 0 Å². The Hall–Kier alpha value is -3.82. The van der Waals surface area contributed by atoms with Crippen LogP contribution in [0.4, 0.5) is 23.0 Å². The summed E-state index contributed by atoms with van der Waals surface area (Å²) < 4.78 is 6.75. The molecule has 0 aliphatic carbocycles. The quantitative estimate of drug-likeness (QED) is 0.260. The van der Waals surface area contributed by atoms with E-state index in [9.17, 15) is 0 Å². The maximum Gasteiger partial charge on any atom is 0.228 e. The molecule has 4 N–H and O–H groups in total. The van der Waals surface area contributed by atoms with E-state index in [4.69, 9.17) is 20.4 Å². The molecule has 0 aliphatic rings. The van der Waals surface area contributed by atoms with Gasteiger partial charge in [0.2, 0.25) is 5.95 Å². The van der Waals surface area contributed by atoms with Crippen molar-refractivity contribution in [2.45, 2.75) is 0 Å². The molecule has 0 aliphatic heterocycles. The zero-order valence-electron chi connectivity index (χ0n) is 20.3. The molecule has 5 rings (SSSR count). The predicted octanol–water partition coefficient (Wildman–Crippen LogP) is 5.17. The number of nitrogens with one attached hydrogen (secondary N) is 2. The molecule has 2 aromatic carbocycles. The molecule has 0 amide bonds. The molecule has 0 saturated heterocycles. The van der Waals surface area contributed by atoms with Crippen LogP contribution >= 0.6 is 11.3 Å². The van der Waals surface area contributed by atoms with E-state index < -0.39 is 0 Å². The van der Waals surface area contributed by atoms with Gasteiger partial charge in [0.05, 0.1) is 40.1 Å². The summed E-state index contributed by atoms with van der Waals surface area (Å²) in [4.78, 5) is 17.3. The Kier molecular flexibility index (Phi) is 6.19. The highest BCUT2D eigenvalue weighted by Crippen LogP contribution is 2.38. The van der Waals surface area contributed by atoms with E-state index in [-0.39, 0.29) is 0 Å². The zero-order valence-corrected chi connectivity index (χ0v) is 21.1. The van der Waals surface area contributed by atoms with Gasteiger partial charge in [-0.25, -0.2) is 9.97 Å². The Balaban J connectivity index is 1.53. The van der Waals surface area contributed by atoms with Gasteiger partial charge in [0.25, 0.3) is 0 Å². The number of nitrogens with two attached hydrogens (primary N) is 1. The lowest BCUT2D eigenvalue weighted by Crippen LogP contribution is -2.29. The number of thiophene rings is 1. The van der Waals surface area contributed by atoms with Crippen molar-refractivity contribution >= 4 is 55.5 Å². The first kappa shape index (κ1) is 22.9. The summed E-state index contributed by atoms with van der Waals surface area (Å²) >= 11 is 1.64. The van der Waals surface area contributed by atoms with Crippen LogP contribution in [0.15, 0.2) is 54.0 Å². The molecular weight excluding hydrogens is 458 g/mol. The van der Waals surface area contributed by atoms with Crippen LogP contribution < -0.4 is 20.7 Å². The van der Waals surface area contributed by atoms with Gasteiger partial charge in [-0.2, -0.15) is 0 Å². The summed E-state index contributed by atoms with van der Waals surface area (Å²) in [5.41, 5.74) is 12.6. The monoisotopic (exact) mass is 487 g/mol. The normalized spacial score (nSPS) is 11.5. The van der Waals surface area contributed by atoms with E-state index >= 15 is 0 Å². The molecule has 5 aromatic rings. The fourth-order valence-corrected chi connectivity index (χ4v) is 4.98. The van der Waals surface area contributed by atoms with Crippen molar-refractivity contribution in [2.24, 2.45) is 0 Å². The summed E-state index contributed by atoms with van der Waals surface area (Å²) in [6.45, 7) is 1.77. The Labute approximate surface area is 208 Å². The number of methoxy groups -OCH3 is 1. The number of hydrogen-bond acceptors (Lipinski definition) is 8. The second-order valence-corrected chi connectivity index (χ2v) is 9.66. The molecule has 0 spiro atoms. The highest BCUT2D eigenvalue weighted by atomic mass is 32.1. The van der Waals surface area contributed by atoms with Crippen molar-refractivity contribution in [3.05, 3.63) is 54.0 Å². The number of aromatic nitrogens is 3. The number of aromatic amines is 1. The molecule has 0 atom stereocenters. The van der Waals surface area contributed by atoms with E-state index in [0.29, 0.717) is 23.1 Å². The third-order valence-corrected chi connectivity index (χ3v) is 6.95. The van der Waals surface area contributed by atoms with Crippen molar-refractivity contribution in [2.75, 3.05) is 57.3 Å². The Bertz CT molecular complexity index is 1490. The minimum Gasteiger partial charge on any atom is -0.494 e. The minimum atomic E-state index is 0.489. The van der Waals surface area contributed by atoms with Gasteiger partial charge in [-0.15, -0.1) is 11.3 Å². The van der Waals surface area contributed by atoms with Gasteiger partial charge in [0.15, 0.2) is 0 Å². The lowest BCUT2D eigenvalue weighted by molar-refractivity contribution is 0.413. The number of ether oxygens (including phenoxy) is 1. The van der Waals surface area contributed by atoms with Gasteiger partial charge >= 0.3 is 0 Å². The molecule has 3 heterocycles. The van der Waals surface area contributed by atoms with Crippen molar-refractivity contribution in [1.82, 2.24) is 19.9 Å². The molecule has 180 valence electrons. The maximum atomic E-state index is 6.46. The van der Waals surface area contributed by atoms with Crippen LogP contribution in [0.2, 0.25) is 0 Å². The second kappa shape index (κ2) is 9.44. The number of anilines is 4. The van der Waals surface area contributed by atoms with E-state index in [1.807, 2.05) is 49.0 Å². The van der Waals surface area contributed by atoms with Crippen LogP contribution in [0.3, 0.4) is 0 Å². The number of nitrogens with zero attached hydrogens (tertiary/aromatic N) is 4. The fourth-order valence-electron chi connectivity index (χ4n) is 4.14. The second-order valence-electron chi connectivity index (χ2n) is 8.74. The number of H-pyrrole nitrogens is 1. The van der Waals surface area contributed by atoms with Crippen molar-refractivity contribution in [1.29, 1.82) is 0 Å². The van der Waals surface area contributed by atoms with Crippen LogP contribution in [0, 0.1) is 0 Å². The third-order valence-electron chi connectivity index (χ3n) is 6.04. The van der Waals surface area contributed by atoms with Crippen LogP contribution in [-0.4, -0.2) is 61.2 Å². The van der Waals surface area contributed by atoms with Crippen molar-refractivity contribution in [3.63, 3.8) is 0 Å². The fraction of sp³-hybridized carbons (Fsp3) is 0.231. The van der Waals surface area contributed by atoms with Crippen LogP contribution in [0.5, 0.6) is 5.75 Å². The minimum absolute atomic E-state index is 0.489. The predicted molar refractivity (Wildman–Crippen MR) is 147 cm³/mol. The summed E-state index contributed by atoms with van der Waals surface area (Å²) in [6, 6.07) is 14.1. The number of nitrogen functional groups attached to an aromatic ring is 1. The standard InChI is InChI=1S/C26H29N7OS/c1-32(2)10-11-33(3)22-14-23(34-4)21(13-18(22)27)30-26-29-20-9-12-35-25(20)24(31-26)17-15-28-19-8-6-5-7-16(17)19/h5-9,12-15,28H,10-11,27H2,1-4H3,(H,29,30,31). The average molecular weight is 488 g/mol.